The SMILES string of the molecule is CCCC1CCN(S(=O)(=O)c2ccc(C(=O)Nc3nc(-c4cc(C)ccc4C)c(Br)s3)cc2)CC1. The molecule has 1 saturated heterocycles. The fraction of sp³-hybridized carbons (Fsp3) is 0.385. The average molecular weight is 577 g/mol. The third-order valence-corrected chi connectivity index (χ3v) is 10.0. The molecule has 0 unspecified atom stereocenters. The van der Waals surface area contributed by atoms with E-state index in [-0.39, 0.29) is 10.8 Å². The topological polar surface area (TPSA) is 79.4 Å². The first-order valence-corrected chi connectivity index (χ1v) is 14.9. The minimum Gasteiger partial charge on any atom is -0.298 e. The van der Waals surface area contributed by atoms with Gasteiger partial charge in [-0.05, 0) is 84.4 Å². The van der Waals surface area contributed by atoms with Crippen LogP contribution in [0, 0.1) is 19.8 Å². The van der Waals surface area contributed by atoms with Gasteiger partial charge in [-0.1, -0.05) is 48.8 Å². The molecule has 2 aromatic carbocycles. The number of rotatable bonds is 7. The Morgan fingerprint density at radius 3 is 2.49 bits per heavy atom. The fourth-order valence-corrected chi connectivity index (χ4v) is 7.39. The van der Waals surface area contributed by atoms with Gasteiger partial charge in [0.05, 0.1) is 14.4 Å². The minimum atomic E-state index is -3.56. The van der Waals surface area contributed by atoms with Crippen molar-refractivity contribution in [3.63, 3.8) is 0 Å². The van der Waals surface area contributed by atoms with Crippen LogP contribution in [0.5, 0.6) is 0 Å². The molecule has 1 aliphatic heterocycles. The third-order valence-electron chi connectivity index (χ3n) is 6.48. The Balaban J connectivity index is 1.45. The predicted octanol–water partition coefficient (Wildman–Crippen LogP) is 6.64. The lowest BCUT2D eigenvalue weighted by Crippen LogP contribution is -2.38. The molecule has 1 N–H and O–H groups in total. The number of nitrogens with one attached hydrogen (secondary N) is 1. The molecule has 0 aliphatic carbocycles. The molecule has 0 saturated carbocycles. The number of aromatic nitrogens is 1. The summed E-state index contributed by atoms with van der Waals surface area (Å²) in [6, 6.07) is 12.3. The molecule has 1 aromatic heterocycles. The molecule has 186 valence electrons. The molecule has 1 aliphatic rings. The van der Waals surface area contributed by atoms with E-state index in [0.29, 0.717) is 29.7 Å². The number of anilines is 1. The summed E-state index contributed by atoms with van der Waals surface area (Å²) >= 11 is 4.92. The standard InChI is InChI=1S/C26H30BrN3O3S2/c1-4-5-19-12-14-30(15-13-19)35(32,33)21-10-8-20(9-11-21)25(31)29-26-28-23(24(27)34-26)22-16-17(2)6-7-18(22)3/h6-11,16,19H,4-5,12-15H2,1-3H3,(H,28,29,31). The average Bonchev–Trinajstić information content (AvgIpc) is 3.20. The smallest absolute Gasteiger partial charge is 0.257 e. The van der Waals surface area contributed by atoms with E-state index in [1.165, 1.54) is 23.5 Å². The lowest BCUT2D eigenvalue weighted by atomic mass is 9.94. The molecule has 0 radical (unpaired) electrons. The number of carbonyl (C=O) groups excluding carboxylic acids is 1. The van der Waals surface area contributed by atoms with Crippen molar-refractivity contribution >= 4 is 48.3 Å². The maximum Gasteiger partial charge on any atom is 0.257 e. The number of nitrogens with zero attached hydrogens (tertiary/aromatic N) is 2. The third kappa shape index (κ3) is 5.85. The van der Waals surface area contributed by atoms with Crippen molar-refractivity contribution < 1.29 is 13.2 Å². The van der Waals surface area contributed by atoms with Crippen molar-refractivity contribution in [2.75, 3.05) is 18.4 Å². The second kappa shape index (κ2) is 10.9. The van der Waals surface area contributed by atoms with Gasteiger partial charge in [0.15, 0.2) is 5.13 Å². The molecule has 2 heterocycles. The van der Waals surface area contributed by atoms with Crippen LogP contribution in [0.25, 0.3) is 11.3 Å². The lowest BCUT2D eigenvalue weighted by molar-refractivity contribution is 0.102. The van der Waals surface area contributed by atoms with E-state index in [1.807, 2.05) is 13.8 Å². The highest BCUT2D eigenvalue weighted by Crippen LogP contribution is 2.37. The van der Waals surface area contributed by atoms with Crippen LogP contribution in [0.2, 0.25) is 0 Å². The number of hydrogen-bond donors (Lipinski definition) is 1. The fourth-order valence-electron chi connectivity index (χ4n) is 4.46. The van der Waals surface area contributed by atoms with E-state index in [2.05, 4.69) is 51.4 Å². The summed E-state index contributed by atoms with van der Waals surface area (Å²) in [5, 5.41) is 3.32. The zero-order chi connectivity index (χ0) is 25.2. The molecule has 0 bridgehead atoms. The monoisotopic (exact) mass is 575 g/mol. The van der Waals surface area contributed by atoms with Gasteiger partial charge in [-0.15, -0.1) is 0 Å². The molecular weight excluding hydrogens is 546 g/mol. The van der Waals surface area contributed by atoms with E-state index in [9.17, 15) is 13.2 Å². The first kappa shape index (κ1) is 26.0. The number of hydrogen-bond acceptors (Lipinski definition) is 5. The van der Waals surface area contributed by atoms with Crippen molar-refractivity contribution in [2.45, 2.75) is 51.3 Å². The van der Waals surface area contributed by atoms with Crippen LogP contribution >= 0.6 is 27.3 Å². The predicted molar refractivity (Wildman–Crippen MR) is 146 cm³/mol. The number of halogens is 1. The van der Waals surface area contributed by atoms with Crippen LogP contribution in [-0.2, 0) is 10.0 Å². The number of aryl methyl sites for hydroxylation is 2. The Morgan fingerprint density at radius 1 is 1.14 bits per heavy atom. The Bertz CT molecular complexity index is 1310. The van der Waals surface area contributed by atoms with Crippen LogP contribution in [0.15, 0.2) is 51.1 Å². The van der Waals surface area contributed by atoms with Crippen molar-refractivity contribution in [3.05, 3.63) is 62.9 Å². The molecular formula is C26H30BrN3O3S2. The molecule has 0 spiro atoms. The second-order valence-corrected chi connectivity index (χ2v) is 13.3. The number of carbonyl (C=O) groups is 1. The number of amides is 1. The van der Waals surface area contributed by atoms with Gasteiger partial charge < -0.3 is 0 Å². The van der Waals surface area contributed by atoms with Crippen molar-refractivity contribution in [1.82, 2.24) is 9.29 Å². The summed E-state index contributed by atoms with van der Waals surface area (Å²) in [5.74, 6) is 0.279. The summed E-state index contributed by atoms with van der Waals surface area (Å²) in [6.07, 6.45) is 4.09. The highest BCUT2D eigenvalue weighted by Gasteiger charge is 2.29. The first-order chi connectivity index (χ1) is 16.7. The zero-order valence-corrected chi connectivity index (χ0v) is 23.4. The number of piperidine rings is 1. The molecule has 0 atom stereocenters. The largest absolute Gasteiger partial charge is 0.298 e. The normalized spacial score (nSPS) is 15.3. The summed E-state index contributed by atoms with van der Waals surface area (Å²) in [5.41, 5.74) is 4.42. The van der Waals surface area contributed by atoms with Gasteiger partial charge in [0, 0.05) is 24.2 Å². The van der Waals surface area contributed by atoms with Crippen LogP contribution in [-0.4, -0.2) is 36.7 Å². The van der Waals surface area contributed by atoms with Gasteiger partial charge in [-0.2, -0.15) is 4.31 Å². The lowest BCUT2D eigenvalue weighted by Gasteiger charge is -2.31. The minimum absolute atomic E-state index is 0.220. The quantitative estimate of drug-likeness (QED) is 0.342. The van der Waals surface area contributed by atoms with Crippen LogP contribution in [0.1, 0.15) is 54.1 Å². The maximum atomic E-state index is 13.1. The summed E-state index contributed by atoms with van der Waals surface area (Å²) in [7, 11) is -3.56. The molecule has 1 amide bonds. The van der Waals surface area contributed by atoms with Crippen LogP contribution < -0.4 is 5.32 Å². The molecule has 4 rings (SSSR count). The van der Waals surface area contributed by atoms with Crippen molar-refractivity contribution in [1.29, 1.82) is 0 Å². The number of thiazole rings is 1. The van der Waals surface area contributed by atoms with E-state index >= 15 is 0 Å². The molecule has 6 nitrogen and oxygen atoms in total. The molecule has 9 heteroatoms. The Labute approximate surface area is 220 Å². The highest BCUT2D eigenvalue weighted by molar-refractivity contribution is 9.11. The van der Waals surface area contributed by atoms with Crippen molar-refractivity contribution in [3.8, 4) is 11.3 Å². The Kier molecular flexibility index (Phi) is 8.10. The molecule has 3 aromatic rings. The molecule has 35 heavy (non-hydrogen) atoms. The Hall–Kier alpha value is -2.07. The number of sulfonamides is 1. The van der Waals surface area contributed by atoms with Gasteiger partial charge in [-0.25, -0.2) is 13.4 Å². The summed E-state index contributed by atoms with van der Waals surface area (Å²) < 4.78 is 28.5. The van der Waals surface area contributed by atoms with E-state index in [4.69, 9.17) is 0 Å². The van der Waals surface area contributed by atoms with Gasteiger partial charge in [0.25, 0.3) is 5.91 Å². The van der Waals surface area contributed by atoms with Crippen molar-refractivity contribution in [2.24, 2.45) is 5.92 Å². The second-order valence-electron chi connectivity index (χ2n) is 9.07. The molecule has 1 fully saturated rings. The van der Waals surface area contributed by atoms with E-state index in [0.717, 1.165) is 51.9 Å². The van der Waals surface area contributed by atoms with Gasteiger partial charge in [0.2, 0.25) is 10.0 Å². The zero-order valence-electron chi connectivity index (χ0n) is 20.2. The van der Waals surface area contributed by atoms with Crippen LogP contribution in [0.4, 0.5) is 5.13 Å². The number of benzene rings is 2. The summed E-state index contributed by atoms with van der Waals surface area (Å²) in [6.45, 7) is 7.33. The summed E-state index contributed by atoms with van der Waals surface area (Å²) in [4.78, 5) is 17.7. The van der Waals surface area contributed by atoms with Gasteiger partial charge in [-0.3, -0.25) is 10.1 Å². The highest BCUT2D eigenvalue weighted by atomic mass is 79.9. The maximum absolute atomic E-state index is 13.1. The van der Waals surface area contributed by atoms with Gasteiger partial charge >= 0.3 is 0 Å². The van der Waals surface area contributed by atoms with Gasteiger partial charge in [0.1, 0.15) is 0 Å². The van der Waals surface area contributed by atoms with Crippen LogP contribution in [0.3, 0.4) is 0 Å². The first-order valence-electron chi connectivity index (χ1n) is 11.8. The van der Waals surface area contributed by atoms with E-state index < -0.39 is 10.0 Å². The Morgan fingerprint density at radius 2 is 1.83 bits per heavy atom. The van der Waals surface area contributed by atoms with E-state index in [1.54, 1.807) is 16.4 Å².